The fourth-order valence-electron chi connectivity index (χ4n) is 2.65. The molecule has 1 N–H and O–H groups in total. The lowest BCUT2D eigenvalue weighted by atomic mass is 10.0. The number of rotatable bonds is 3. The first-order valence-corrected chi connectivity index (χ1v) is 6.87. The van der Waals surface area contributed by atoms with E-state index in [-0.39, 0.29) is 0 Å². The molecule has 19 heavy (non-hydrogen) atoms. The molecule has 3 heteroatoms. The second kappa shape index (κ2) is 5.59. The molecule has 0 aliphatic carbocycles. The minimum atomic E-state index is 0.410. The SMILES string of the molecule is CC1CNC(c2ccccc2)CN1Cc1ccco1. The predicted octanol–water partition coefficient (Wildman–Crippen LogP) is 2.81. The van der Waals surface area contributed by atoms with Gasteiger partial charge in [0.25, 0.3) is 0 Å². The van der Waals surface area contributed by atoms with E-state index in [2.05, 4.69) is 47.5 Å². The molecule has 3 rings (SSSR count). The summed E-state index contributed by atoms with van der Waals surface area (Å²) in [6, 6.07) is 15.6. The first-order valence-electron chi connectivity index (χ1n) is 6.87. The van der Waals surface area contributed by atoms with Crippen molar-refractivity contribution in [2.45, 2.75) is 25.6 Å². The molecule has 1 aliphatic heterocycles. The Labute approximate surface area is 114 Å². The third-order valence-electron chi connectivity index (χ3n) is 3.84. The van der Waals surface area contributed by atoms with Gasteiger partial charge in [-0.1, -0.05) is 30.3 Å². The van der Waals surface area contributed by atoms with Crippen molar-refractivity contribution in [1.82, 2.24) is 10.2 Å². The minimum absolute atomic E-state index is 0.410. The molecule has 1 aromatic heterocycles. The van der Waals surface area contributed by atoms with Crippen LogP contribution in [0.2, 0.25) is 0 Å². The highest BCUT2D eigenvalue weighted by molar-refractivity contribution is 5.20. The van der Waals surface area contributed by atoms with Crippen LogP contribution >= 0.6 is 0 Å². The Hall–Kier alpha value is -1.58. The van der Waals surface area contributed by atoms with E-state index in [9.17, 15) is 0 Å². The van der Waals surface area contributed by atoms with E-state index in [1.165, 1.54) is 5.56 Å². The number of nitrogens with zero attached hydrogens (tertiary/aromatic N) is 1. The maximum Gasteiger partial charge on any atom is 0.117 e. The molecular formula is C16H20N2O. The second-order valence-electron chi connectivity index (χ2n) is 5.23. The zero-order valence-corrected chi connectivity index (χ0v) is 11.3. The number of hydrogen-bond donors (Lipinski definition) is 1. The Bertz CT molecular complexity index is 495. The van der Waals surface area contributed by atoms with Crippen LogP contribution in [0.3, 0.4) is 0 Å². The van der Waals surface area contributed by atoms with Gasteiger partial charge in [-0.15, -0.1) is 0 Å². The molecule has 0 spiro atoms. The molecule has 100 valence electrons. The van der Waals surface area contributed by atoms with Gasteiger partial charge in [-0.3, -0.25) is 4.90 Å². The maximum atomic E-state index is 5.46. The summed E-state index contributed by atoms with van der Waals surface area (Å²) in [6.45, 7) is 5.18. The van der Waals surface area contributed by atoms with Gasteiger partial charge in [-0.25, -0.2) is 0 Å². The van der Waals surface area contributed by atoms with Crippen molar-refractivity contribution in [3.8, 4) is 0 Å². The van der Waals surface area contributed by atoms with Crippen LogP contribution in [0.15, 0.2) is 53.1 Å². The van der Waals surface area contributed by atoms with Crippen molar-refractivity contribution in [3.63, 3.8) is 0 Å². The van der Waals surface area contributed by atoms with Gasteiger partial charge in [0, 0.05) is 25.2 Å². The highest BCUT2D eigenvalue weighted by Gasteiger charge is 2.26. The van der Waals surface area contributed by atoms with Crippen LogP contribution in [0, 0.1) is 0 Å². The summed E-state index contributed by atoms with van der Waals surface area (Å²) >= 11 is 0. The average molecular weight is 256 g/mol. The molecule has 0 amide bonds. The van der Waals surface area contributed by atoms with Gasteiger partial charge in [0.15, 0.2) is 0 Å². The molecule has 1 aromatic carbocycles. The van der Waals surface area contributed by atoms with Crippen molar-refractivity contribution in [2.24, 2.45) is 0 Å². The van der Waals surface area contributed by atoms with Crippen molar-refractivity contribution in [3.05, 3.63) is 60.1 Å². The lowest BCUT2D eigenvalue weighted by Crippen LogP contribution is -2.50. The highest BCUT2D eigenvalue weighted by atomic mass is 16.3. The molecule has 1 aliphatic rings. The Morgan fingerprint density at radius 2 is 2.05 bits per heavy atom. The first-order chi connectivity index (χ1) is 9.33. The van der Waals surface area contributed by atoms with Crippen LogP contribution in [-0.2, 0) is 6.54 Å². The van der Waals surface area contributed by atoms with Gasteiger partial charge in [-0.2, -0.15) is 0 Å². The maximum absolute atomic E-state index is 5.46. The van der Waals surface area contributed by atoms with E-state index >= 15 is 0 Å². The highest BCUT2D eigenvalue weighted by Crippen LogP contribution is 2.21. The van der Waals surface area contributed by atoms with Crippen molar-refractivity contribution < 1.29 is 4.42 Å². The summed E-state index contributed by atoms with van der Waals surface area (Å²) in [6.07, 6.45) is 1.75. The largest absolute Gasteiger partial charge is 0.468 e. The summed E-state index contributed by atoms with van der Waals surface area (Å²) in [5.74, 6) is 1.04. The molecule has 1 fully saturated rings. The van der Waals surface area contributed by atoms with E-state index in [0.29, 0.717) is 12.1 Å². The summed E-state index contributed by atoms with van der Waals surface area (Å²) < 4.78 is 5.46. The quantitative estimate of drug-likeness (QED) is 0.915. The number of furan rings is 1. The van der Waals surface area contributed by atoms with Crippen molar-refractivity contribution in [2.75, 3.05) is 13.1 Å². The predicted molar refractivity (Wildman–Crippen MR) is 75.8 cm³/mol. The monoisotopic (exact) mass is 256 g/mol. The van der Waals surface area contributed by atoms with Gasteiger partial charge in [-0.05, 0) is 24.6 Å². The lowest BCUT2D eigenvalue weighted by Gasteiger charge is -2.38. The number of piperazine rings is 1. The average Bonchev–Trinajstić information content (AvgIpc) is 2.95. The normalized spacial score (nSPS) is 24.5. The number of hydrogen-bond acceptors (Lipinski definition) is 3. The van der Waals surface area contributed by atoms with Crippen molar-refractivity contribution >= 4 is 0 Å². The Morgan fingerprint density at radius 3 is 2.79 bits per heavy atom. The summed E-state index contributed by atoms with van der Waals surface area (Å²) in [5.41, 5.74) is 1.36. The van der Waals surface area contributed by atoms with Gasteiger partial charge in [0.2, 0.25) is 0 Å². The Kier molecular flexibility index (Phi) is 3.67. The molecule has 3 nitrogen and oxygen atoms in total. The second-order valence-corrected chi connectivity index (χ2v) is 5.23. The Balaban J connectivity index is 1.70. The van der Waals surface area contributed by atoms with Gasteiger partial charge >= 0.3 is 0 Å². The van der Waals surface area contributed by atoms with Gasteiger partial charge in [0.1, 0.15) is 5.76 Å². The number of nitrogens with one attached hydrogen (secondary N) is 1. The van der Waals surface area contributed by atoms with Gasteiger partial charge in [0.05, 0.1) is 12.8 Å². The summed E-state index contributed by atoms with van der Waals surface area (Å²) in [5, 5.41) is 3.62. The van der Waals surface area contributed by atoms with Crippen LogP contribution in [0.25, 0.3) is 0 Å². The van der Waals surface area contributed by atoms with Crippen LogP contribution in [-0.4, -0.2) is 24.0 Å². The molecule has 0 radical (unpaired) electrons. The van der Waals surface area contributed by atoms with Crippen LogP contribution < -0.4 is 5.32 Å². The van der Waals surface area contributed by atoms with E-state index in [0.717, 1.165) is 25.4 Å². The zero-order valence-electron chi connectivity index (χ0n) is 11.3. The molecule has 2 unspecified atom stereocenters. The van der Waals surface area contributed by atoms with Crippen LogP contribution in [0.5, 0.6) is 0 Å². The van der Waals surface area contributed by atoms with Crippen molar-refractivity contribution in [1.29, 1.82) is 0 Å². The fraction of sp³-hybridized carbons (Fsp3) is 0.375. The lowest BCUT2D eigenvalue weighted by molar-refractivity contribution is 0.124. The third-order valence-corrected chi connectivity index (χ3v) is 3.84. The topological polar surface area (TPSA) is 28.4 Å². The van der Waals surface area contributed by atoms with E-state index in [4.69, 9.17) is 4.42 Å². The van der Waals surface area contributed by atoms with Crippen LogP contribution in [0.1, 0.15) is 24.3 Å². The molecule has 2 aromatic rings. The van der Waals surface area contributed by atoms with E-state index < -0.39 is 0 Å². The summed E-state index contributed by atoms with van der Waals surface area (Å²) in [7, 11) is 0. The third kappa shape index (κ3) is 2.88. The van der Waals surface area contributed by atoms with E-state index in [1.54, 1.807) is 6.26 Å². The minimum Gasteiger partial charge on any atom is -0.468 e. The molecular weight excluding hydrogens is 236 g/mol. The molecule has 1 saturated heterocycles. The molecule has 2 heterocycles. The van der Waals surface area contributed by atoms with E-state index in [1.807, 2.05) is 12.1 Å². The first kappa shape index (κ1) is 12.5. The number of benzene rings is 1. The standard InChI is InChI=1S/C16H20N2O/c1-13-10-17-16(14-6-3-2-4-7-14)12-18(13)11-15-8-5-9-19-15/h2-9,13,16-17H,10-12H2,1H3. The molecule has 2 atom stereocenters. The fourth-order valence-corrected chi connectivity index (χ4v) is 2.65. The molecule has 0 saturated carbocycles. The van der Waals surface area contributed by atoms with Crippen LogP contribution in [0.4, 0.5) is 0 Å². The Morgan fingerprint density at radius 1 is 1.21 bits per heavy atom. The molecule has 0 bridgehead atoms. The zero-order chi connectivity index (χ0) is 13.1. The van der Waals surface area contributed by atoms with Gasteiger partial charge < -0.3 is 9.73 Å². The summed E-state index contributed by atoms with van der Waals surface area (Å²) in [4.78, 5) is 2.48. The smallest absolute Gasteiger partial charge is 0.117 e.